The molecule has 9 nitrogen and oxygen atoms in total. The first-order valence-corrected chi connectivity index (χ1v) is 11.3. The minimum absolute atomic E-state index is 0.123. The molecule has 0 aliphatic heterocycles. The number of ether oxygens (including phenoxy) is 2. The van der Waals surface area contributed by atoms with Gasteiger partial charge < -0.3 is 24.7 Å². The zero-order valence-corrected chi connectivity index (χ0v) is 19.8. The lowest BCUT2D eigenvalue weighted by Gasteiger charge is -2.14. The Bertz CT molecular complexity index is 1100. The summed E-state index contributed by atoms with van der Waals surface area (Å²) in [7, 11) is 4.98. The lowest BCUT2D eigenvalue weighted by molar-refractivity contribution is -0.121. The molecule has 2 aromatic carbocycles. The van der Waals surface area contributed by atoms with Gasteiger partial charge in [-0.1, -0.05) is 30.0 Å². The van der Waals surface area contributed by atoms with Crippen molar-refractivity contribution in [3.63, 3.8) is 0 Å². The summed E-state index contributed by atoms with van der Waals surface area (Å²) in [5.74, 6) is 1.90. The van der Waals surface area contributed by atoms with E-state index in [-0.39, 0.29) is 30.0 Å². The Kier molecular flexibility index (Phi) is 8.31. The van der Waals surface area contributed by atoms with Gasteiger partial charge in [-0.2, -0.15) is 0 Å². The summed E-state index contributed by atoms with van der Waals surface area (Å²) in [6, 6.07) is 14.2. The number of nitrogens with zero attached hydrogens (tertiary/aromatic N) is 3. The van der Waals surface area contributed by atoms with Crippen molar-refractivity contribution in [2.75, 3.05) is 25.3 Å². The van der Waals surface area contributed by atoms with Gasteiger partial charge >= 0.3 is 0 Å². The highest BCUT2D eigenvalue weighted by Gasteiger charge is 2.18. The summed E-state index contributed by atoms with van der Waals surface area (Å²) in [6.07, 6.45) is 0.248. The van der Waals surface area contributed by atoms with Crippen LogP contribution in [0.5, 0.6) is 11.5 Å². The molecule has 0 aliphatic carbocycles. The van der Waals surface area contributed by atoms with Crippen molar-refractivity contribution in [3.8, 4) is 11.5 Å². The van der Waals surface area contributed by atoms with Crippen molar-refractivity contribution in [2.24, 2.45) is 7.05 Å². The van der Waals surface area contributed by atoms with Crippen molar-refractivity contribution < 1.29 is 19.1 Å². The normalized spacial score (nSPS) is 11.5. The number of benzene rings is 2. The number of methoxy groups -OCH3 is 2. The number of amides is 2. The summed E-state index contributed by atoms with van der Waals surface area (Å²) in [4.78, 5) is 24.7. The SMILES string of the molecule is COc1ccc(CC(=O)N[C@H](C)c2nnc(SCC(=O)Nc3cccc(OC)c3)n2C)cc1. The van der Waals surface area contributed by atoms with Gasteiger partial charge in [-0.05, 0) is 36.8 Å². The van der Waals surface area contributed by atoms with Crippen LogP contribution in [0.15, 0.2) is 53.7 Å². The maximum absolute atomic E-state index is 12.4. The number of hydrogen-bond donors (Lipinski definition) is 2. The molecule has 0 unspecified atom stereocenters. The summed E-state index contributed by atoms with van der Waals surface area (Å²) in [5, 5.41) is 14.7. The van der Waals surface area contributed by atoms with Crippen molar-refractivity contribution in [3.05, 3.63) is 59.9 Å². The lowest BCUT2D eigenvalue weighted by Crippen LogP contribution is -2.29. The second-order valence-electron chi connectivity index (χ2n) is 7.28. The van der Waals surface area contributed by atoms with E-state index in [9.17, 15) is 9.59 Å². The summed E-state index contributed by atoms with van der Waals surface area (Å²) >= 11 is 1.27. The fourth-order valence-electron chi connectivity index (χ4n) is 3.14. The number of anilines is 1. The van der Waals surface area contributed by atoms with Crippen LogP contribution in [-0.4, -0.2) is 46.6 Å². The van der Waals surface area contributed by atoms with Crippen molar-refractivity contribution in [1.29, 1.82) is 0 Å². The average Bonchev–Trinajstić information content (AvgIpc) is 3.18. The maximum Gasteiger partial charge on any atom is 0.234 e. The van der Waals surface area contributed by atoms with Crippen LogP contribution < -0.4 is 20.1 Å². The molecular formula is C23H27N5O4S. The average molecular weight is 470 g/mol. The molecule has 0 bridgehead atoms. The Morgan fingerprint density at radius 1 is 1.03 bits per heavy atom. The number of hydrogen-bond acceptors (Lipinski definition) is 7. The second-order valence-corrected chi connectivity index (χ2v) is 8.23. The number of nitrogens with one attached hydrogen (secondary N) is 2. The van der Waals surface area contributed by atoms with Gasteiger partial charge in [-0.15, -0.1) is 10.2 Å². The fourth-order valence-corrected chi connectivity index (χ4v) is 3.86. The number of rotatable bonds is 10. The van der Waals surface area contributed by atoms with Gasteiger partial charge in [-0.3, -0.25) is 9.59 Å². The van der Waals surface area contributed by atoms with E-state index < -0.39 is 0 Å². The lowest BCUT2D eigenvalue weighted by atomic mass is 10.1. The molecular weight excluding hydrogens is 442 g/mol. The van der Waals surface area contributed by atoms with E-state index in [1.165, 1.54) is 11.8 Å². The van der Waals surface area contributed by atoms with E-state index in [1.54, 1.807) is 37.0 Å². The zero-order chi connectivity index (χ0) is 23.8. The van der Waals surface area contributed by atoms with Crippen LogP contribution in [0.4, 0.5) is 5.69 Å². The van der Waals surface area contributed by atoms with E-state index in [4.69, 9.17) is 9.47 Å². The third kappa shape index (κ3) is 6.72. The van der Waals surface area contributed by atoms with E-state index in [2.05, 4.69) is 20.8 Å². The highest BCUT2D eigenvalue weighted by Crippen LogP contribution is 2.21. The minimum Gasteiger partial charge on any atom is -0.497 e. The third-order valence-corrected chi connectivity index (χ3v) is 5.86. The van der Waals surface area contributed by atoms with Crippen LogP contribution in [-0.2, 0) is 23.1 Å². The van der Waals surface area contributed by atoms with Crippen LogP contribution in [0.3, 0.4) is 0 Å². The standard InChI is InChI=1S/C23H27N5O4S/c1-15(24-20(29)12-16-8-10-18(31-3)11-9-16)22-26-27-23(28(22)2)33-14-21(30)25-17-6-5-7-19(13-17)32-4/h5-11,13,15H,12,14H2,1-4H3,(H,24,29)(H,25,30)/t15-/m1/s1. The predicted molar refractivity (Wildman–Crippen MR) is 127 cm³/mol. The molecule has 1 aromatic heterocycles. The topological polar surface area (TPSA) is 107 Å². The van der Waals surface area contributed by atoms with Gasteiger partial charge in [0.25, 0.3) is 0 Å². The maximum atomic E-state index is 12.4. The fraction of sp³-hybridized carbons (Fsp3) is 0.304. The monoisotopic (exact) mass is 469 g/mol. The molecule has 0 saturated carbocycles. The van der Waals surface area contributed by atoms with Crippen molar-refractivity contribution in [1.82, 2.24) is 20.1 Å². The third-order valence-electron chi connectivity index (χ3n) is 4.84. The Labute approximate surface area is 196 Å². The van der Waals surface area contributed by atoms with Crippen LogP contribution in [0, 0.1) is 0 Å². The molecule has 1 atom stereocenters. The van der Waals surface area contributed by atoms with Gasteiger partial charge in [0, 0.05) is 18.8 Å². The molecule has 2 N–H and O–H groups in total. The largest absolute Gasteiger partial charge is 0.497 e. The van der Waals surface area contributed by atoms with E-state index in [0.29, 0.717) is 22.4 Å². The first-order chi connectivity index (χ1) is 15.9. The summed E-state index contributed by atoms with van der Waals surface area (Å²) in [5.41, 5.74) is 1.54. The molecule has 33 heavy (non-hydrogen) atoms. The van der Waals surface area contributed by atoms with E-state index in [0.717, 1.165) is 11.3 Å². The number of carbonyl (C=O) groups excluding carboxylic acids is 2. The second kappa shape index (κ2) is 11.4. The Morgan fingerprint density at radius 2 is 1.76 bits per heavy atom. The Morgan fingerprint density at radius 3 is 2.45 bits per heavy atom. The van der Waals surface area contributed by atoms with Gasteiger partial charge in [0.15, 0.2) is 11.0 Å². The molecule has 1 heterocycles. The Balaban J connectivity index is 1.52. The van der Waals surface area contributed by atoms with Crippen LogP contribution in [0.1, 0.15) is 24.4 Å². The molecule has 0 fully saturated rings. The molecule has 2 amide bonds. The predicted octanol–water partition coefficient (Wildman–Crippen LogP) is 2.98. The molecule has 0 spiro atoms. The molecule has 3 rings (SSSR count). The van der Waals surface area contributed by atoms with Crippen LogP contribution in [0.25, 0.3) is 0 Å². The quantitative estimate of drug-likeness (QED) is 0.440. The van der Waals surface area contributed by atoms with Gasteiger partial charge in [0.1, 0.15) is 11.5 Å². The molecule has 10 heteroatoms. The molecule has 0 radical (unpaired) electrons. The van der Waals surface area contributed by atoms with Gasteiger partial charge in [-0.25, -0.2) is 0 Å². The summed E-state index contributed by atoms with van der Waals surface area (Å²) < 4.78 is 12.1. The van der Waals surface area contributed by atoms with Gasteiger partial charge in [0.2, 0.25) is 11.8 Å². The van der Waals surface area contributed by atoms with Gasteiger partial charge in [0.05, 0.1) is 32.4 Å². The highest BCUT2D eigenvalue weighted by molar-refractivity contribution is 7.99. The van der Waals surface area contributed by atoms with Crippen molar-refractivity contribution >= 4 is 29.3 Å². The van der Waals surface area contributed by atoms with Crippen LogP contribution >= 0.6 is 11.8 Å². The smallest absolute Gasteiger partial charge is 0.234 e. The zero-order valence-electron chi connectivity index (χ0n) is 19.0. The first kappa shape index (κ1) is 24.1. The summed E-state index contributed by atoms with van der Waals surface area (Å²) in [6.45, 7) is 1.85. The Hall–Kier alpha value is -3.53. The van der Waals surface area contributed by atoms with E-state index >= 15 is 0 Å². The van der Waals surface area contributed by atoms with Crippen molar-refractivity contribution in [2.45, 2.75) is 24.5 Å². The van der Waals surface area contributed by atoms with Crippen LogP contribution in [0.2, 0.25) is 0 Å². The molecule has 3 aromatic rings. The van der Waals surface area contributed by atoms with E-state index in [1.807, 2.05) is 44.3 Å². The number of thioether (sulfide) groups is 1. The number of carbonyl (C=O) groups is 2. The molecule has 0 aliphatic rings. The highest BCUT2D eigenvalue weighted by atomic mass is 32.2. The first-order valence-electron chi connectivity index (χ1n) is 10.3. The number of aromatic nitrogens is 3. The molecule has 0 saturated heterocycles. The molecule has 174 valence electrons. The minimum atomic E-state index is -0.340.